The molecule has 0 atom stereocenters. The summed E-state index contributed by atoms with van der Waals surface area (Å²) in [7, 11) is 0. The van der Waals surface area contributed by atoms with Crippen LogP contribution in [0.2, 0.25) is 5.02 Å². The zero-order valence-corrected chi connectivity index (χ0v) is 18.3. The Morgan fingerprint density at radius 1 is 1.12 bits per heavy atom. The molecular formula is C23H20ClF4N3O2. The normalized spacial score (nSPS) is 15.9. The summed E-state index contributed by atoms with van der Waals surface area (Å²) in [5.74, 6) is -0.636. The predicted molar refractivity (Wildman–Crippen MR) is 115 cm³/mol. The fourth-order valence-electron chi connectivity index (χ4n) is 4.00. The summed E-state index contributed by atoms with van der Waals surface area (Å²) < 4.78 is 59.9. The molecule has 1 saturated heterocycles. The number of carbonyl (C=O) groups is 1. The maximum absolute atomic E-state index is 13.6. The van der Waals surface area contributed by atoms with E-state index in [9.17, 15) is 22.4 Å². The van der Waals surface area contributed by atoms with Crippen LogP contribution in [0.25, 0.3) is 5.69 Å². The number of nitrogens with zero attached hydrogens (tertiary/aromatic N) is 2. The molecule has 1 aromatic heterocycles. The van der Waals surface area contributed by atoms with Crippen LogP contribution in [0.1, 0.15) is 29.7 Å². The molecule has 33 heavy (non-hydrogen) atoms. The first-order valence-corrected chi connectivity index (χ1v) is 10.6. The number of alkyl halides is 3. The zero-order valence-electron chi connectivity index (χ0n) is 17.5. The Balaban J connectivity index is 1.73. The first-order chi connectivity index (χ1) is 15.6. The van der Waals surface area contributed by atoms with E-state index in [0.29, 0.717) is 37.3 Å². The Bertz CT molecular complexity index is 1170. The lowest BCUT2D eigenvalue weighted by molar-refractivity contribution is -0.137. The van der Waals surface area contributed by atoms with E-state index in [4.69, 9.17) is 16.3 Å². The summed E-state index contributed by atoms with van der Waals surface area (Å²) >= 11 is 6.19. The summed E-state index contributed by atoms with van der Waals surface area (Å²) in [6, 6.07) is 10.2. The van der Waals surface area contributed by atoms with Crippen LogP contribution in [-0.4, -0.2) is 28.9 Å². The molecule has 1 amide bonds. The molecular weight excluding hydrogens is 462 g/mol. The summed E-state index contributed by atoms with van der Waals surface area (Å²) in [6.07, 6.45) is -3.84. The molecule has 1 fully saturated rings. The second-order valence-electron chi connectivity index (χ2n) is 7.90. The van der Waals surface area contributed by atoms with E-state index in [1.165, 1.54) is 16.8 Å². The second kappa shape index (κ2) is 8.79. The zero-order chi connectivity index (χ0) is 23.8. The van der Waals surface area contributed by atoms with Gasteiger partial charge in [0.25, 0.3) is 0 Å². The van der Waals surface area contributed by atoms with Crippen LogP contribution in [0, 0.1) is 12.7 Å². The maximum Gasteiger partial charge on any atom is 0.416 e. The number of halogens is 5. The van der Waals surface area contributed by atoms with Crippen LogP contribution in [0.4, 0.5) is 23.4 Å². The largest absolute Gasteiger partial charge is 0.416 e. The Labute approximate surface area is 192 Å². The average Bonchev–Trinajstić information content (AvgIpc) is 3.13. The van der Waals surface area contributed by atoms with Gasteiger partial charge < -0.3 is 10.1 Å². The smallest absolute Gasteiger partial charge is 0.381 e. The fraction of sp³-hybridized carbons (Fsp3) is 0.304. The first kappa shape index (κ1) is 23.3. The summed E-state index contributed by atoms with van der Waals surface area (Å²) in [5, 5.41) is 7.10. The molecule has 0 bridgehead atoms. The van der Waals surface area contributed by atoms with Gasteiger partial charge in [-0.05, 0) is 55.7 Å². The first-order valence-electron chi connectivity index (χ1n) is 10.2. The molecule has 5 nitrogen and oxygen atoms in total. The van der Waals surface area contributed by atoms with Gasteiger partial charge in [-0.1, -0.05) is 23.7 Å². The lowest BCUT2D eigenvalue weighted by Crippen LogP contribution is -2.45. The van der Waals surface area contributed by atoms with Gasteiger partial charge in [-0.15, -0.1) is 0 Å². The molecule has 2 heterocycles. The van der Waals surface area contributed by atoms with Crippen molar-refractivity contribution in [2.24, 2.45) is 0 Å². The van der Waals surface area contributed by atoms with Gasteiger partial charge in [0.2, 0.25) is 5.91 Å². The van der Waals surface area contributed by atoms with Crippen LogP contribution in [0.3, 0.4) is 0 Å². The highest BCUT2D eigenvalue weighted by molar-refractivity contribution is 6.32. The standard InChI is InChI=1S/C23H20ClF4N3O2/c1-14-12-20(31(30-14)19-13-16(23(26,27)28)4-7-18(19)24)29-21(32)22(8-10-33-11-9-22)15-2-5-17(25)6-3-15/h2-7,12-13H,8-11H2,1H3,(H,29,32). The van der Waals surface area contributed by atoms with Crippen molar-refractivity contribution < 1.29 is 27.1 Å². The Morgan fingerprint density at radius 2 is 1.79 bits per heavy atom. The van der Waals surface area contributed by atoms with Crippen LogP contribution in [-0.2, 0) is 21.1 Å². The predicted octanol–water partition coefficient (Wildman–Crippen LogP) is 5.68. The third kappa shape index (κ3) is 4.60. The van der Waals surface area contributed by atoms with Crippen molar-refractivity contribution in [3.63, 3.8) is 0 Å². The van der Waals surface area contributed by atoms with Crippen molar-refractivity contribution in [2.45, 2.75) is 31.4 Å². The van der Waals surface area contributed by atoms with Crippen molar-refractivity contribution in [1.29, 1.82) is 0 Å². The Kier molecular flexibility index (Phi) is 6.20. The number of ether oxygens (including phenoxy) is 1. The minimum absolute atomic E-state index is 0.0160. The van der Waals surface area contributed by atoms with Crippen molar-refractivity contribution in [1.82, 2.24) is 9.78 Å². The topological polar surface area (TPSA) is 56.1 Å². The molecule has 10 heteroatoms. The minimum atomic E-state index is -4.57. The van der Waals surface area contributed by atoms with Crippen molar-refractivity contribution in [2.75, 3.05) is 18.5 Å². The molecule has 0 saturated carbocycles. The summed E-state index contributed by atoms with van der Waals surface area (Å²) in [6.45, 7) is 2.32. The van der Waals surface area contributed by atoms with E-state index in [0.717, 1.165) is 18.2 Å². The number of nitrogens with one attached hydrogen (secondary N) is 1. The van der Waals surface area contributed by atoms with E-state index >= 15 is 0 Å². The van der Waals surface area contributed by atoms with E-state index in [2.05, 4.69) is 10.4 Å². The van der Waals surface area contributed by atoms with Crippen LogP contribution in [0.15, 0.2) is 48.5 Å². The minimum Gasteiger partial charge on any atom is -0.381 e. The lowest BCUT2D eigenvalue weighted by atomic mass is 9.73. The highest BCUT2D eigenvalue weighted by atomic mass is 35.5. The average molecular weight is 482 g/mol. The molecule has 4 rings (SSSR count). The number of rotatable bonds is 4. The Morgan fingerprint density at radius 3 is 2.42 bits per heavy atom. The van der Waals surface area contributed by atoms with E-state index in [-0.39, 0.29) is 22.4 Å². The number of benzene rings is 2. The number of amides is 1. The quantitative estimate of drug-likeness (QED) is 0.488. The molecule has 174 valence electrons. The highest BCUT2D eigenvalue weighted by Gasteiger charge is 2.42. The second-order valence-corrected chi connectivity index (χ2v) is 8.31. The molecule has 1 aliphatic rings. The number of anilines is 1. The van der Waals surface area contributed by atoms with E-state index in [1.54, 1.807) is 25.1 Å². The van der Waals surface area contributed by atoms with Gasteiger partial charge in [0.1, 0.15) is 11.6 Å². The van der Waals surface area contributed by atoms with Crippen LogP contribution < -0.4 is 5.32 Å². The van der Waals surface area contributed by atoms with Gasteiger partial charge in [-0.2, -0.15) is 18.3 Å². The molecule has 0 spiro atoms. The lowest BCUT2D eigenvalue weighted by Gasteiger charge is -2.36. The van der Waals surface area contributed by atoms with Crippen molar-refractivity contribution >= 4 is 23.3 Å². The molecule has 1 N–H and O–H groups in total. The molecule has 3 aromatic rings. The molecule has 0 unspecified atom stereocenters. The fourth-order valence-corrected chi connectivity index (χ4v) is 4.19. The van der Waals surface area contributed by atoms with Crippen molar-refractivity contribution in [3.05, 3.63) is 76.2 Å². The van der Waals surface area contributed by atoms with E-state index < -0.39 is 23.0 Å². The van der Waals surface area contributed by atoms with Gasteiger partial charge in [-0.25, -0.2) is 9.07 Å². The van der Waals surface area contributed by atoms with Gasteiger partial charge in [-0.3, -0.25) is 4.79 Å². The summed E-state index contributed by atoms with van der Waals surface area (Å²) in [5.41, 5.74) is -0.796. The van der Waals surface area contributed by atoms with Crippen molar-refractivity contribution in [3.8, 4) is 5.69 Å². The number of aromatic nitrogens is 2. The summed E-state index contributed by atoms with van der Waals surface area (Å²) in [4.78, 5) is 13.6. The third-order valence-electron chi connectivity index (χ3n) is 5.75. The SMILES string of the molecule is Cc1cc(NC(=O)C2(c3ccc(F)cc3)CCOCC2)n(-c2cc(C(F)(F)F)ccc2Cl)n1. The Hall–Kier alpha value is -2.91. The highest BCUT2D eigenvalue weighted by Crippen LogP contribution is 2.38. The van der Waals surface area contributed by atoms with Gasteiger partial charge in [0.15, 0.2) is 0 Å². The molecule has 1 aliphatic heterocycles. The van der Waals surface area contributed by atoms with Crippen LogP contribution in [0.5, 0.6) is 0 Å². The number of aryl methyl sites for hydroxylation is 1. The molecule has 2 aromatic carbocycles. The third-order valence-corrected chi connectivity index (χ3v) is 6.07. The van der Waals surface area contributed by atoms with Gasteiger partial charge >= 0.3 is 6.18 Å². The van der Waals surface area contributed by atoms with Gasteiger partial charge in [0.05, 0.1) is 27.4 Å². The molecule has 0 aliphatic carbocycles. The monoisotopic (exact) mass is 481 g/mol. The van der Waals surface area contributed by atoms with Crippen LogP contribution >= 0.6 is 11.6 Å². The van der Waals surface area contributed by atoms with E-state index in [1.807, 2.05) is 0 Å². The maximum atomic E-state index is 13.6. The number of hydrogen-bond donors (Lipinski definition) is 1. The number of hydrogen-bond acceptors (Lipinski definition) is 3. The number of carbonyl (C=O) groups excluding carboxylic acids is 1. The molecule has 0 radical (unpaired) electrons. The van der Waals surface area contributed by atoms with Gasteiger partial charge in [0, 0.05) is 19.3 Å².